The highest BCUT2D eigenvalue weighted by Gasteiger charge is 2.18. The molecular weight excluding hydrogens is 326 g/mol. The summed E-state index contributed by atoms with van der Waals surface area (Å²) in [4.78, 5) is 9.05. The molecule has 2 rings (SSSR count). The maximum Gasteiger partial charge on any atom is 0.137 e. The molecule has 0 aliphatic heterocycles. The van der Waals surface area contributed by atoms with Crippen LogP contribution in [-0.4, -0.2) is 16.5 Å². The average molecular weight is 348 g/mol. The fourth-order valence-corrected chi connectivity index (χ4v) is 2.43. The van der Waals surface area contributed by atoms with Crippen molar-refractivity contribution in [2.75, 3.05) is 11.9 Å². The first-order valence-corrected chi connectivity index (χ1v) is 7.98. The minimum atomic E-state index is -0.0588. The monoisotopic (exact) mass is 347 g/mol. The highest BCUT2D eigenvalue weighted by Crippen LogP contribution is 2.22. The van der Waals surface area contributed by atoms with Crippen LogP contribution < -0.4 is 5.32 Å². The van der Waals surface area contributed by atoms with Gasteiger partial charge in [-0.3, -0.25) is 0 Å². The van der Waals surface area contributed by atoms with Crippen LogP contribution in [0.15, 0.2) is 34.9 Å². The van der Waals surface area contributed by atoms with Crippen molar-refractivity contribution < 1.29 is 0 Å². The summed E-state index contributed by atoms with van der Waals surface area (Å²) in [5, 5.41) is 3.38. The molecule has 0 spiro atoms. The summed E-state index contributed by atoms with van der Waals surface area (Å²) in [5.41, 5.74) is 2.58. The van der Waals surface area contributed by atoms with E-state index in [1.54, 1.807) is 0 Å². The molecule has 1 heterocycles. The highest BCUT2D eigenvalue weighted by atomic mass is 79.9. The number of nitrogens with one attached hydrogen (secondary N) is 1. The lowest BCUT2D eigenvalue weighted by atomic mass is 9.96. The Bertz CT molecular complexity index is 618. The van der Waals surface area contributed by atoms with Crippen molar-refractivity contribution >= 4 is 21.7 Å². The first-order valence-electron chi connectivity index (χ1n) is 7.19. The molecule has 0 atom stereocenters. The number of anilines is 1. The van der Waals surface area contributed by atoms with Crippen LogP contribution >= 0.6 is 15.9 Å². The van der Waals surface area contributed by atoms with Crippen LogP contribution in [-0.2, 0) is 11.8 Å². The molecule has 0 radical (unpaired) electrons. The smallest absolute Gasteiger partial charge is 0.137 e. The van der Waals surface area contributed by atoms with Crippen LogP contribution in [0.1, 0.15) is 37.7 Å². The number of benzene rings is 1. The van der Waals surface area contributed by atoms with Gasteiger partial charge in [-0.25, -0.2) is 9.97 Å². The Morgan fingerprint density at radius 1 is 1.14 bits per heavy atom. The van der Waals surface area contributed by atoms with Crippen LogP contribution in [0.5, 0.6) is 0 Å². The Labute approximate surface area is 135 Å². The second-order valence-electron chi connectivity index (χ2n) is 6.32. The predicted octanol–water partition coefficient (Wildman–Crippen LogP) is 4.50. The average Bonchev–Trinajstić information content (AvgIpc) is 2.37. The summed E-state index contributed by atoms with van der Waals surface area (Å²) in [6.45, 7) is 9.33. The van der Waals surface area contributed by atoms with E-state index in [4.69, 9.17) is 0 Å². The molecule has 0 saturated carbocycles. The van der Waals surface area contributed by atoms with Crippen molar-refractivity contribution in [1.29, 1.82) is 0 Å². The zero-order valence-corrected chi connectivity index (χ0v) is 14.7. The summed E-state index contributed by atoms with van der Waals surface area (Å²) < 4.78 is 0.820. The third-order valence-electron chi connectivity index (χ3n) is 3.17. The largest absolute Gasteiger partial charge is 0.370 e. The molecule has 0 aliphatic carbocycles. The quantitative estimate of drug-likeness (QED) is 0.827. The van der Waals surface area contributed by atoms with Crippen LogP contribution in [0, 0.1) is 6.92 Å². The molecule has 3 nitrogen and oxygen atoms in total. The lowest BCUT2D eigenvalue weighted by Gasteiger charge is -2.18. The summed E-state index contributed by atoms with van der Waals surface area (Å²) >= 11 is 3.46. The number of nitrogens with zero attached hydrogens (tertiary/aromatic N) is 2. The summed E-state index contributed by atoms with van der Waals surface area (Å²) in [7, 11) is 0. The van der Waals surface area contributed by atoms with E-state index in [-0.39, 0.29) is 5.41 Å². The van der Waals surface area contributed by atoms with Crippen molar-refractivity contribution in [2.45, 2.75) is 39.5 Å². The standard InChI is InChI=1S/C17H22BrN3/c1-12-6-5-7-13(10-12)8-9-19-15-11-14(18)20-16(21-15)17(2,3)4/h5-7,10-11H,8-9H2,1-4H3,(H,19,20,21). The lowest BCUT2D eigenvalue weighted by molar-refractivity contribution is 0.544. The van der Waals surface area contributed by atoms with E-state index in [2.05, 4.69) is 83.2 Å². The first kappa shape index (κ1) is 16.0. The molecule has 0 aliphatic rings. The molecule has 1 aromatic heterocycles. The number of aromatic nitrogens is 2. The third-order valence-corrected chi connectivity index (χ3v) is 3.57. The van der Waals surface area contributed by atoms with Crippen LogP contribution in [0.25, 0.3) is 0 Å². The van der Waals surface area contributed by atoms with E-state index in [0.717, 1.165) is 29.2 Å². The summed E-state index contributed by atoms with van der Waals surface area (Å²) in [6.07, 6.45) is 0.980. The van der Waals surface area contributed by atoms with E-state index in [0.29, 0.717) is 0 Å². The maximum atomic E-state index is 4.60. The second kappa shape index (κ2) is 6.56. The Hall–Kier alpha value is -1.42. The zero-order chi connectivity index (χ0) is 15.5. The molecule has 0 fully saturated rings. The zero-order valence-electron chi connectivity index (χ0n) is 13.1. The normalized spacial score (nSPS) is 11.5. The fourth-order valence-electron chi connectivity index (χ4n) is 2.05. The van der Waals surface area contributed by atoms with E-state index >= 15 is 0 Å². The van der Waals surface area contributed by atoms with Gasteiger partial charge in [-0.1, -0.05) is 50.6 Å². The molecule has 1 aromatic carbocycles. The Balaban J connectivity index is 2.02. The Morgan fingerprint density at radius 2 is 1.90 bits per heavy atom. The van der Waals surface area contributed by atoms with Crippen LogP contribution in [0.2, 0.25) is 0 Å². The van der Waals surface area contributed by atoms with Gasteiger partial charge in [0.25, 0.3) is 0 Å². The molecule has 2 aromatic rings. The molecule has 0 saturated heterocycles. The third kappa shape index (κ3) is 4.81. The molecule has 4 heteroatoms. The summed E-state index contributed by atoms with van der Waals surface area (Å²) in [6, 6.07) is 10.5. The highest BCUT2D eigenvalue weighted by molar-refractivity contribution is 9.10. The number of rotatable bonds is 4. The SMILES string of the molecule is Cc1cccc(CCNc2cc(Br)nc(C(C)(C)C)n2)c1. The molecule has 21 heavy (non-hydrogen) atoms. The number of hydrogen-bond acceptors (Lipinski definition) is 3. The van der Waals surface area contributed by atoms with Gasteiger partial charge in [0.2, 0.25) is 0 Å². The Morgan fingerprint density at radius 3 is 2.57 bits per heavy atom. The topological polar surface area (TPSA) is 37.8 Å². The van der Waals surface area contributed by atoms with Crippen molar-refractivity contribution in [3.05, 3.63) is 51.9 Å². The molecule has 112 valence electrons. The van der Waals surface area contributed by atoms with Gasteiger partial charge >= 0.3 is 0 Å². The van der Waals surface area contributed by atoms with Crippen LogP contribution in [0.4, 0.5) is 5.82 Å². The van der Waals surface area contributed by atoms with Gasteiger partial charge in [-0.2, -0.15) is 0 Å². The Kier molecular flexibility index (Phi) is 4.99. The minimum absolute atomic E-state index is 0.0588. The summed E-state index contributed by atoms with van der Waals surface area (Å²) in [5.74, 6) is 1.71. The number of aryl methyl sites for hydroxylation is 1. The van der Waals surface area contributed by atoms with Gasteiger partial charge in [0, 0.05) is 18.0 Å². The van der Waals surface area contributed by atoms with Gasteiger partial charge in [0.05, 0.1) is 0 Å². The lowest BCUT2D eigenvalue weighted by Crippen LogP contribution is -2.18. The van der Waals surface area contributed by atoms with Crippen LogP contribution in [0.3, 0.4) is 0 Å². The van der Waals surface area contributed by atoms with Crippen molar-refractivity contribution in [3.8, 4) is 0 Å². The predicted molar refractivity (Wildman–Crippen MR) is 91.8 cm³/mol. The van der Waals surface area contributed by atoms with Gasteiger partial charge in [0.15, 0.2) is 0 Å². The van der Waals surface area contributed by atoms with Crippen molar-refractivity contribution in [1.82, 2.24) is 9.97 Å². The van der Waals surface area contributed by atoms with E-state index in [1.165, 1.54) is 11.1 Å². The van der Waals surface area contributed by atoms with Crippen molar-refractivity contribution in [3.63, 3.8) is 0 Å². The molecule has 1 N–H and O–H groups in total. The number of hydrogen-bond donors (Lipinski definition) is 1. The van der Waals surface area contributed by atoms with E-state index in [1.807, 2.05) is 6.07 Å². The van der Waals surface area contributed by atoms with E-state index < -0.39 is 0 Å². The van der Waals surface area contributed by atoms with E-state index in [9.17, 15) is 0 Å². The fraction of sp³-hybridized carbons (Fsp3) is 0.412. The molecular formula is C17H22BrN3. The number of halogens is 1. The minimum Gasteiger partial charge on any atom is -0.370 e. The van der Waals surface area contributed by atoms with Gasteiger partial charge < -0.3 is 5.32 Å². The van der Waals surface area contributed by atoms with Gasteiger partial charge in [-0.15, -0.1) is 0 Å². The maximum absolute atomic E-state index is 4.60. The first-order chi connectivity index (χ1) is 9.84. The molecule has 0 amide bonds. The van der Waals surface area contributed by atoms with Gasteiger partial charge in [-0.05, 0) is 34.8 Å². The molecule has 0 bridgehead atoms. The van der Waals surface area contributed by atoms with Crippen molar-refractivity contribution in [2.24, 2.45) is 0 Å². The second-order valence-corrected chi connectivity index (χ2v) is 7.13. The van der Waals surface area contributed by atoms with Gasteiger partial charge in [0.1, 0.15) is 16.2 Å². The molecule has 0 unspecified atom stereocenters.